The maximum atomic E-state index is 10.5. The van der Waals surface area contributed by atoms with E-state index in [0.717, 1.165) is 6.33 Å². The van der Waals surface area contributed by atoms with Crippen LogP contribution in [-0.4, -0.2) is 36.4 Å². The second-order valence-corrected chi connectivity index (χ2v) is 3.04. The van der Waals surface area contributed by atoms with Crippen LogP contribution in [0.1, 0.15) is 5.82 Å². The zero-order valence-corrected chi connectivity index (χ0v) is 8.87. The number of rotatable bonds is 5. The normalized spacial score (nSPS) is 21.2. The van der Waals surface area contributed by atoms with Crippen molar-refractivity contribution in [3.63, 3.8) is 0 Å². The molecule has 4 N–H and O–H groups in total. The second kappa shape index (κ2) is 4.22. The minimum absolute atomic E-state index is 0.231. The number of hydrogen-bond donors (Lipinski definition) is 3. The van der Waals surface area contributed by atoms with E-state index in [1.807, 2.05) is 5.43 Å². The Labute approximate surface area is 102 Å². The van der Waals surface area contributed by atoms with E-state index < -0.39 is 21.1 Å². The molecule has 0 aromatic carbocycles. The van der Waals surface area contributed by atoms with Crippen LogP contribution in [0.25, 0.3) is 0 Å². The summed E-state index contributed by atoms with van der Waals surface area (Å²) in [6.07, 6.45) is 1.13. The summed E-state index contributed by atoms with van der Waals surface area (Å²) in [5.74, 6) is -2.64. The summed E-state index contributed by atoms with van der Waals surface area (Å²) in [7, 11) is 0. The lowest BCUT2D eigenvalue weighted by Crippen LogP contribution is -2.55. The lowest BCUT2D eigenvalue weighted by atomic mass is 10.3. The van der Waals surface area contributed by atoms with E-state index in [2.05, 4.69) is 30.4 Å². The van der Waals surface area contributed by atoms with E-state index in [1.165, 1.54) is 0 Å². The van der Waals surface area contributed by atoms with Gasteiger partial charge in [-0.2, -0.15) is 10.1 Å². The van der Waals surface area contributed by atoms with E-state index in [0.29, 0.717) is 0 Å². The van der Waals surface area contributed by atoms with Crippen LogP contribution in [0.5, 0.6) is 0 Å². The number of H-pyrrole nitrogens is 1. The van der Waals surface area contributed by atoms with Crippen molar-refractivity contribution in [2.75, 3.05) is 0 Å². The molecule has 0 amide bonds. The first-order valence-electron chi connectivity index (χ1n) is 4.45. The Hall–Kier alpha value is -3.23. The number of hydrazine groups is 3. The second-order valence-electron chi connectivity index (χ2n) is 3.04. The van der Waals surface area contributed by atoms with Crippen LogP contribution < -0.4 is 11.2 Å². The van der Waals surface area contributed by atoms with Gasteiger partial charge in [-0.1, -0.05) is 5.43 Å². The van der Waals surface area contributed by atoms with E-state index in [9.17, 15) is 20.2 Å². The van der Waals surface area contributed by atoms with Crippen LogP contribution in [0.4, 0.5) is 0 Å². The highest BCUT2D eigenvalue weighted by Gasteiger charge is 2.48. The summed E-state index contributed by atoms with van der Waals surface area (Å²) in [5, 5.41) is 30.6. The quantitative estimate of drug-likeness (QED) is 0.394. The molecule has 0 bridgehead atoms. The van der Waals surface area contributed by atoms with Crippen LogP contribution in [0.2, 0.25) is 0 Å². The molecule has 0 aliphatic carbocycles. The number of hydrogen-bond acceptors (Lipinski definition) is 11. The number of nitrogens with one attached hydrogen (secondary N) is 2. The van der Waals surface area contributed by atoms with Crippen LogP contribution >= 0.6 is 0 Å². The largest absolute Gasteiger partial charge is 0.367 e. The molecule has 0 saturated carbocycles. The molecule has 15 nitrogen and oxygen atoms in total. The Morgan fingerprint density at radius 2 is 2.11 bits per heavy atom. The molecule has 1 unspecified atom stereocenters. The number of aromatic amines is 1. The topological polar surface area (TPSA) is 206 Å². The SMILES string of the molecule is NC1=NC(NN([N+](=O)[O-])[N+](=O)[O-])(c2nc[nH]n2)N=N1. The summed E-state index contributed by atoms with van der Waals surface area (Å²) >= 11 is 0. The van der Waals surface area contributed by atoms with Gasteiger partial charge in [0, 0.05) is 0 Å². The Morgan fingerprint density at radius 3 is 2.53 bits per heavy atom. The monoisotopic (exact) mass is 271 g/mol. The predicted octanol–water partition coefficient (Wildman–Crippen LogP) is -2.11. The minimum atomic E-state index is -2.07. The van der Waals surface area contributed by atoms with Crippen LogP contribution in [0.3, 0.4) is 0 Å². The summed E-state index contributed by atoms with van der Waals surface area (Å²) < 4.78 is 0. The number of nitrogens with two attached hydrogens (primary N) is 1. The molecule has 1 atom stereocenters. The van der Waals surface area contributed by atoms with Gasteiger partial charge < -0.3 is 5.73 Å². The number of azo groups is 1. The third-order valence-electron chi connectivity index (χ3n) is 1.87. The van der Waals surface area contributed by atoms with Gasteiger partial charge in [0.1, 0.15) is 6.33 Å². The van der Waals surface area contributed by atoms with Crippen molar-refractivity contribution in [2.45, 2.75) is 5.79 Å². The van der Waals surface area contributed by atoms with Gasteiger partial charge in [-0.25, -0.2) is 25.2 Å². The first kappa shape index (κ1) is 12.2. The lowest BCUT2D eigenvalue weighted by Gasteiger charge is -2.17. The first-order valence-corrected chi connectivity index (χ1v) is 4.45. The smallest absolute Gasteiger partial charge is 0.316 e. The van der Waals surface area contributed by atoms with Crippen molar-refractivity contribution in [3.05, 3.63) is 32.4 Å². The van der Waals surface area contributed by atoms with Crippen molar-refractivity contribution in [2.24, 2.45) is 21.0 Å². The molecule has 0 spiro atoms. The van der Waals surface area contributed by atoms with Crippen molar-refractivity contribution in [1.29, 1.82) is 0 Å². The molecule has 2 heterocycles. The average molecular weight is 271 g/mol. The van der Waals surface area contributed by atoms with E-state index in [-0.39, 0.29) is 11.8 Å². The number of aromatic nitrogens is 3. The van der Waals surface area contributed by atoms with Gasteiger partial charge in [-0.3, -0.25) is 5.10 Å². The Balaban J connectivity index is 2.39. The van der Waals surface area contributed by atoms with Crippen LogP contribution in [-0.2, 0) is 5.79 Å². The molecule has 1 aliphatic rings. The maximum absolute atomic E-state index is 10.5. The molecule has 2 rings (SSSR count). The molecule has 0 saturated heterocycles. The summed E-state index contributed by atoms with van der Waals surface area (Å²) in [5.41, 5.74) is 7.09. The van der Waals surface area contributed by atoms with E-state index >= 15 is 0 Å². The Kier molecular flexibility index (Phi) is 2.72. The highest BCUT2D eigenvalue weighted by Crippen LogP contribution is 2.25. The molecule has 1 aromatic heterocycles. The molecule has 15 heteroatoms. The van der Waals surface area contributed by atoms with Gasteiger partial charge in [-0.15, -0.1) is 10.2 Å². The number of guanidine groups is 1. The van der Waals surface area contributed by atoms with E-state index in [1.54, 1.807) is 0 Å². The standard InChI is InChI=1S/C4H5N11O4/c5-3-8-4(11-10-3,2-6-1-7-9-2)12-13(14(16)17)15(18)19/h1,12H,(H2,5,8)(H,6,7,9). The van der Waals surface area contributed by atoms with Gasteiger partial charge in [0.15, 0.2) is 0 Å². The zero-order chi connectivity index (χ0) is 14.0. The molecule has 1 aromatic rings. The summed E-state index contributed by atoms with van der Waals surface area (Å²) in [4.78, 5) is 28.4. The van der Waals surface area contributed by atoms with Gasteiger partial charge in [0.25, 0.3) is 5.23 Å². The van der Waals surface area contributed by atoms with Crippen molar-refractivity contribution < 1.29 is 10.1 Å². The fourth-order valence-electron chi connectivity index (χ4n) is 1.18. The van der Waals surface area contributed by atoms with E-state index in [4.69, 9.17) is 5.73 Å². The first-order chi connectivity index (χ1) is 8.94. The molecule has 0 fully saturated rings. The Bertz CT molecular complexity index is 549. The van der Waals surface area contributed by atoms with Crippen LogP contribution in [0, 0.1) is 20.2 Å². The van der Waals surface area contributed by atoms with Crippen molar-refractivity contribution in [1.82, 2.24) is 25.8 Å². The maximum Gasteiger partial charge on any atom is 0.316 e. The molecule has 100 valence electrons. The van der Waals surface area contributed by atoms with Crippen LogP contribution in [0.15, 0.2) is 21.5 Å². The van der Waals surface area contributed by atoms with Gasteiger partial charge in [0.05, 0.1) is 0 Å². The summed E-state index contributed by atoms with van der Waals surface area (Å²) in [6, 6.07) is 0. The fourth-order valence-corrected chi connectivity index (χ4v) is 1.18. The van der Waals surface area contributed by atoms with Crippen molar-refractivity contribution in [3.8, 4) is 0 Å². The third kappa shape index (κ3) is 2.11. The van der Waals surface area contributed by atoms with Crippen molar-refractivity contribution >= 4 is 5.96 Å². The van der Waals surface area contributed by atoms with Gasteiger partial charge in [-0.05, 0) is 0 Å². The lowest BCUT2D eigenvalue weighted by molar-refractivity contribution is -0.923. The molecular formula is C4H5N11O4. The highest BCUT2D eigenvalue weighted by atomic mass is 16.8. The number of nitrogens with zero attached hydrogens (tertiary/aromatic N) is 8. The molecule has 1 aliphatic heterocycles. The zero-order valence-electron chi connectivity index (χ0n) is 8.87. The molecule has 19 heavy (non-hydrogen) atoms. The fraction of sp³-hybridized carbons (Fsp3) is 0.250. The minimum Gasteiger partial charge on any atom is -0.367 e. The molecule has 0 radical (unpaired) electrons. The number of aliphatic imine (C=N–C) groups is 1. The number of nitro groups is 2. The predicted molar refractivity (Wildman–Crippen MR) is 53.5 cm³/mol. The average Bonchev–Trinajstić information content (AvgIpc) is 2.95. The van der Waals surface area contributed by atoms with Gasteiger partial charge >= 0.3 is 5.79 Å². The molecular weight excluding hydrogens is 266 g/mol. The Morgan fingerprint density at radius 1 is 1.42 bits per heavy atom. The third-order valence-corrected chi connectivity index (χ3v) is 1.87. The summed E-state index contributed by atoms with van der Waals surface area (Å²) in [6.45, 7) is 0. The highest BCUT2D eigenvalue weighted by molar-refractivity contribution is 5.79. The van der Waals surface area contributed by atoms with Gasteiger partial charge in [0.2, 0.25) is 21.8 Å².